The summed E-state index contributed by atoms with van der Waals surface area (Å²) in [4.78, 5) is 66.0. The maximum Gasteiger partial charge on any atom is 0.737 e. The van der Waals surface area contributed by atoms with Gasteiger partial charge in [0.05, 0.1) is 55.0 Å². The van der Waals surface area contributed by atoms with Crippen molar-refractivity contribution in [1.29, 1.82) is 0 Å². The summed E-state index contributed by atoms with van der Waals surface area (Å²) in [6.07, 6.45) is 8.95. The highest BCUT2D eigenvalue weighted by Crippen LogP contribution is 2.40. The first-order valence-corrected chi connectivity index (χ1v) is 23.8. The lowest BCUT2D eigenvalue weighted by molar-refractivity contribution is -0.870. The number of quaternary nitrogens is 1. The zero-order valence-electron chi connectivity index (χ0n) is 36.7. The zero-order valence-corrected chi connectivity index (χ0v) is 38.4. The Labute approximate surface area is 380 Å². The van der Waals surface area contributed by atoms with Gasteiger partial charge >= 0.3 is 12.9 Å². The van der Waals surface area contributed by atoms with Gasteiger partial charge in [-0.1, -0.05) is 24.3 Å². The van der Waals surface area contributed by atoms with E-state index in [1.165, 1.54) is 15.8 Å². The second-order valence-corrected chi connectivity index (χ2v) is 19.5. The molecule has 3 aliphatic rings. The molecule has 2 aromatic heterocycles. The predicted molar refractivity (Wildman–Crippen MR) is 240 cm³/mol. The van der Waals surface area contributed by atoms with Crippen LogP contribution in [0.2, 0.25) is 0 Å². The lowest BCUT2D eigenvalue weighted by Gasteiger charge is -2.31. The second-order valence-electron chi connectivity index (χ2n) is 17.1. The van der Waals surface area contributed by atoms with Gasteiger partial charge in [-0.15, -0.1) is 16.4 Å². The number of halogens is 2. The molecule has 1 fully saturated rings. The standard InChI is InChI=1S/C44H53BF2N6O10S2/c1-30-26-33(50-36(30)28-37-32(10-7-23-53(2,3)4)27-38(39-11-9-25-64-39)51(37)45(50,46)47)17-14-31-15-18-34(19-16-31)62-24-8-12-40(54)49-35(29-65(59,60)61)44(58)48-22-6-5-13-43(57)63-52-41(55)20-21-42(52)56/h9,11,14-19,25-28,35H,5-8,10,12-13,20-24,29H2,1-4H3,(H2-,48,49,54,58,59,60,61)/b17-14+. The monoisotopic (exact) mass is 938 g/mol. The van der Waals surface area contributed by atoms with Crippen LogP contribution < -0.4 is 15.4 Å². The minimum Gasteiger partial charge on any atom is -0.748 e. The number of rotatable bonds is 22. The van der Waals surface area contributed by atoms with Gasteiger partial charge in [-0.3, -0.25) is 19.2 Å². The molecule has 1 aromatic carbocycles. The summed E-state index contributed by atoms with van der Waals surface area (Å²) in [5.41, 5.74) is 4.26. The van der Waals surface area contributed by atoms with Gasteiger partial charge in [0.15, 0.2) is 11.4 Å². The molecule has 0 bridgehead atoms. The molecule has 3 aromatic rings. The first-order valence-electron chi connectivity index (χ1n) is 21.4. The molecule has 4 amide bonds. The van der Waals surface area contributed by atoms with E-state index in [2.05, 4.69) is 31.8 Å². The van der Waals surface area contributed by atoms with E-state index in [-0.39, 0.29) is 58.1 Å². The molecule has 65 heavy (non-hydrogen) atoms. The number of hydrogen-bond acceptors (Lipinski definition) is 11. The summed E-state index contributed by atoms with van der Waals surface area (Å²) in [6.45, 7) is -1.46. The fourth-order valence-electron chi connectivity index (χ4n) is 7.71. The quantitative estimate of drug-likeness (QED) is 0.0472. The number of imide groups is 1. The van der Waals surface area contributed by atoms with Crippen LogP contribution in [0.5, 0.6) is 5.75 Å². The van der Waals surface area contributed by atoms with Crippen molar-refractivity contribution in [2.24, 2.45) is 0 Å². The van der Waals surface area contributed by atoms with Crippen LogP contribution in [-0.4, -0.2) is 126 Å². The van der Waals surface area contributed by atoms with E-state index in [9.17, 15) is 36.9 Å². The summed E-state index contributed by atoms with van der Waals surface area (Å²) in [5, 5.41) is 7.03. The van der Waals surface area contributed by atoms with Crippen LogP contribution in [0.4, 0.5) is 8.63 Å². The molecule has 0 aliphatic carbocycles. The largest absolute Gasteiger partial charge is 0.748 e. The number of thiophene rings is 1. The molecule has 0 spiro atoms. The second kappa shape index (κ2) is 20.6. The van der Waals surface area contributed by atoms with E-state index >= 15 is 8.63 Å². The van der Waals surface area contributed by atoms with Gasteiger partial charge in [0.2, 0.25) is 11.8 Å². The number of nitrogens with zero attached hydrogens (tertiary/aromatic N) is 4. The molecule has 0 radical (unpaired) electrons. The van der Waals surface area contributed by atoms with Crippen molar-refractivity contribution in [3.05, 3.63) is 92.6 Å². The average Bonchev–Trinajstić information content (AvgIpc) is 4.03. The number of amides is 4. The maximum atomic E-state index is 16.9. The van der Waals surface area contributed by atoms with Crippen LogP contribution >= 0.6 is 11.3 Å². The molecule has 21 heteroatoms. The number of allylic oxidation sites excluding steroid dienone is 2. The highest BCUT2D eigenvalue weighted by molar-refractivity contribution is 7.85. The Morgan fingerprint density at radius 1 is 1.00 bits per heavy atom. The minimum atomic E-state index is -4.91. The molecule has 6 rings (SSSR count). The van der Waals surface area contributed by atoms with Crippen molar-refractivity contribution < 1.29 is 64.1 Å². The summed E-state index contributed by atoms with van der Waals surface area (Å²) >= 11 is 1.43. The first kappa shape index (κ1) is 48.7. The number of fused-ring (bicyclic) bond motifs is 2. The molecular weight excluding hydrogens is 885 g/mol. The molecule has 1 unspecified atom stereocenters. The Morgan fingerprint density at radius 3 is 2.38 bits per heavy atom. The van der Waals surface area contributed by atoms with Gasteiger partial charge in [-0.2, -0.15) is 0 Å². The van der Waals surface area contributed by atoms with Crippen molar-refractivity contribution in [1.82, 2.24) is 20.2 Å². The number of carbonyl (C=O) groups excluding carboxylic acids is 5. The van der Waals surface area contributed by atoms with Crippen molar-refractivity contribution in [3.63, 3.8) is 0 Å². The third-order valence-electron chi connectivity index (χ3n) is 10.9. The van der Waals surface area contributed by atoms with E-state index < -0.39 is 58.5 Å². The Morgan fingerprint density at radius 2 is 1.72 bits per heavy atom. The fraction of sp³-hybridized carbons (Fsp3) is 0.409. The Hall–Kier alpha value is -5.77. The number of aryl methyl sites for hydroxylation is 1. The molecule has 1 saturated heterocycles. The van der Waals surface area contributed by atoms with Crippen LogP contribution in [0.3, 0.4) is 0 Å². The number of aromatic nitrogens is 1. The van der Waals surface area contributed by atoms with Crippen LogP contribution in [0.1, 0.15) is 85.2 Å². The number of hydrogen-bond donors (Lipinski definition) is 2. The number of benzene rings is 1. The number of nitrogens with one attached hydrogen (secondary N) is 2. The molecule has 2 N–H and O–H groups in total. The van der Waals surface area contributed by atoms with Crippen molar-refractivity contribution in [2.45, 2.75) is 70.8 Å². The van der Waals surface area contributed by atoms with E-state index in [1.807, 2.05) is 36.6 Å². The van der Waals surface area contributed by atoms with Crippen molar-refractivity contribution in [2.75, 3.05) is 46.6 Å². The number of ether oxygens (including phenoxy) is 1. The Kier molecular flexibility index (Phi) is 15.4. The first-order chi connectivity index (χ1) is 30.7. The third kappa shape index (κ3) is 12.7. The number of carbonyl (C=O) groups is 5. The summed E-state index contributed by atoms with van der Waals surface area (Å²) in [5.74, 6) is -4.34. The Balaban J connectivity index is 0.991. The van der Waals surface area contributed by atoms with E-state index in [0.717, 1.165) is 43.5 Å². The van der Waals surface area contributed by atoms with Crippen LogP contribution in [-0.2, 0) is 38.9 Å². The summed E-state index contributed by atoms with van der Waals surface area (Å²) in [7, 11) is 1.44. The van der Waals surface area contributed by atoms with Gasteiger partial charge < -0.3 is 46.8 Å². The number of hydroxylamine groups is 2. The van der Waals surface area contributed by atoms with Crippen molar-refractivity contribution >= 4 is 82.0 Å². The molecule has 16 nitrogen and oxygen atoms in total. The van der Waals surface area contributed by atoms with Gasteiger partial charge in [0.1, 0.15) is 11.8 Å². The van der Waals surface area contributed by atoms with Crippen LogP contribution in [0, 0.1) is 6.92 Å². The molecule has 1 atom stereocenters. The maximum absolute atomic E-state index is 16.9. The molecule has 0 saturated carbocycles. The SMILES string of the molecule is Cc1cc(/C=C/c2ccc(OCCCC(=O)NC(CS(=O)(=O)[O-])C(=O)NCCCCC(=O)ON3C(=O)CCC3=O)cc2)n2c1C=C1C(CCC[N+](C)(C)C)=CC(c3cccs3)=[N+]1[B-]2(F)F. The highest BCUT2D eigenvalue weighted by Gasteiger charge is 2.54. The van der Waals surface area contributed by atoms with Crippen LogP contribution in [0.15, 0.2) is 65.2 Å². The van der Waals surface area contributed by atoms with E-state index in [1.54, 1.807) is 42.5 Å². The predicted octanol–water partition coefficient (Wildman–Crippen LogP) is 4.62. The molecule has 348 valence electrons. The lowest BCUT2D eigenvalue weighted by atomic mass is 9.88. The van der Waals surface area contributed by atoms with E-state index in [4.69, 9.17) is 9.57 Å². The normalized spacial score (nSPS) is 16.3. The van der Waals surface area contributed by atoms with E-state index in [0.29, 0.717) is 40.0 Å². The molecule has 3 aliphatic heterocycles. The van der Waals surface area contributed by atoms with Gasteiger partial charge in [-0.25, -0.2) is 13.2 Å². The summed E-state index contributed by atoms with van der Waals surface area (Å²) in [6, 6.07) is 10.8. The van der Waals surface area contributed by atoms with Crippen LogP contribution in [0.25, 0.3) is 18.2 Å². The van der Waals surface area contributed by atoms with Gasteiger partial charge in [-0.05, 0) is 79.5 Å². The highest BCUT2D eigenvalue weighted by atomic mass is 32.2. The van der Waals surface area contributed by atoms with Gasteiger partial charge in [0.25, 0.3) is 11.8 Å². The summed E-state index contributed by atoms with van der Waals surface area (Å²) < 4.78 is 77.3. The number of unbranched alkanes of at least 4 members (excludes halogenated alkanes) is 1. The molecule has 5 heterocycles. The fourth-order valence-corrected chi connectivity index (χ4v) is 9.10. The Bertz CT molecular complexity index is 2530. The molecular formula is C44H53BF2N6O10S2. The smallest absolute Gasteiger partial charge is 0.737 e. The lowest BCUT2D eigenvalue weighted by Crippen LogP contribution is -2.51. The topological polar surface area (TPSA) is 196 Å². The van der Waals surface area contributed by atoms with Gasteiger partial charge in [0, 0.05) is 67.8 Å². The zero-order chi connectivity index (χ0) is 47.1. The minimum absolute atomic E-state index is 0.0320. The van der Waals surface area contributed by atoms with Crippen molar-refractivity contribution in [3.8, 4) is 5.75 Å². The average molecular weight is 939 g/mol. The third-order valence-corrected chi connectivity index (χ3v) is 12.5.